The van der Waals surface area contributed by atoms with Gasteiger partial charge < -0.3 is 38.0 Å². The zero-order valence-electron chi connectivity index (χ0n) is 15.0. The predicted molar refractivity (Wildman–Crippen MR) is 94.4 cm³/mol. The van der Waals surface area contributed by atoms with E-state index in [4.69, 9.17) is 10.5 Å². The summed E-state index contributed by atoms with van der Waals surface area (Å²) in [6.07, 6.45) is 3.19. The molecule has 0 aliphatic heterocycles. The highest BCUT2D eigenvalue weighted by atomic mass is 35.5. The number of nitrogen functional groups attached to an aromatic ring is 1. The van der Waals surface area contributed by atoms with Crippen molar-refractivity contribution in [3.63, 3.8) is 0 Å². The number of halogens is 1. The number of methoxy groups -OCH3 is 1. The molecule has 0 aliphatic carbocycles. The average Bonchev–Trinajstić information content (AvgIpc) is 2.56. The second-order valence-electron chi connectivity index (χ2n) is 6.15. The highest BCUT2D eigenvalue weighted by Crippen LogP contribution is 2.25. The molecule has 0 saturated carbocycles. The zero-order valence-corrected chi connectivity index (χ0v) is 15.7. The fraction of sp³-hybridized carbons (Fsp3) is 0.529. The monoisotopic (exact) mass is 372 g/mol. The molecule has 4 N–H and O–H groups in total. The first kappa shape index (κ1) is 23.0. The summed E-state index contributed by atoms with van der Waals surface area (Å²) in [5.74, 6) is 0.825. The first-order valence-corrected chi connectivity index (χ1v) is 8.14. The maximum Gasteiger partial charge on any atom is 0.207 e. The lowest BCUT2D eigenvalue weighted by molar-refractivity contribution is -0.922. The third kappa shape index (κ3) is 8.60. The zero-order chi connectivity index (χ0) is 17.8. The summed E-state index contributed by atoms with van der Waals surface area (Å²) in [4.78, 5) is 20.8. The Morgan fingerprint density at radius 3 is 2.16 bits per heavy atom. The van der Waals surface area contributed by atoms with E-state index in [1.807, 2.05) is 18.2 Å². The maximum atomic E-state index is 10.4. The molecule has 2 amide bonds. The van der Waals surface area contributed by atoms with Crippen molar-refractivity contribution in [2.75, 3.05) is 46.1 Å². The molecule has 0 unspecified atom stereocenters. The minimum absolute atomic E-state index is 0. The minimum atomic E-state index is 0. The molecule has 25 heavy (non-hydrogen) atoms. The molecule has 0 fully saturated rings. The van der Waals surface area contributed by atoms with Gasteiger partial charge in [-0.25, -0.2) is 0 Å². The number of carbonyl (C=O) groups is 2. The Balaban J connectivity index is 0.00000576. The molecular formula is C17H29ClN4O3. The Kier molecular flexibility index (Phi) is 11.4. The van der Waals surface area contributed by atoms with E-state index in [1.54, 1.807) is 7.11 Å². The summed E-state index contributed by atoms with van der Waals surface area (Å²) < 4.78 is 6.23. The lowest BCUT2D eigenvalue weighted by Crippen LogP contribution is -3.00. The Labute approximate surface area is 155 Å². The molecule has 0 spiro atoms. The van der Waals surface area contributed by atoms with Gasteiger partial charge in [-0.15, -0.1) is 0 Å². The van der Waals surface area contributed by atoms with Gasteiger partial charge in [0.2, 0.25) is 12.8 Å². The van der Waals surface area contributed by atoms with Crippen LogP contribution in [0.1, 0.15) is 18.4 Å². The van der Waals surface area contributed by atoms with Crippen LogP contribution in [-0.4, -0.2) is 57.6 Å². The number of hydrogen-bond acceptors (Lipinski definition) is 4. The lowest BCUT2D eigenvalue weighted by Gasteiger charge is -2.35. The van der Waals surface area contributed by atoms with Crippen LogP contribution in [0.15, 0.2) is 18.2 Å². The van der Waals surface area contributed by atoms with E-state index in [0.717, 1.165) is 61.1 Å². The molecule has 1 aromatic rings. The van der Waals surface area contributed by atoms with Crippen LogP contribution in [0.2, 0.25) is 0 Å². The molecule has 0 aliphatic rings. The van der Waals surface area contributed by atoms with E-state index >= 15 is 0 Å². The van der Waals surface area contributed by atoms with Crippen LogP contribution in [0, 0.1) is 0 Å². The van der Waals surface area contributed by atoms with Crippen molar-refractivity contribution in [1.29, 1.82) is 0 Å². The second kappa shape index (κ2) is 12.4. The van der Waals surface area contributed by atoms with E-state index < -0.39 is 0 Å². The minimum Gasteiger partial charge on any atom is -1.00 e. The number of hydrogen-bond donors (Lipinski definition) is 3. The van der Waals surface area contributed by atoms with Gasteiger partial charge in [0.15, 0.2) is 0 Å². The summed E-state index contributed by atoms with van der Waals surface area (Å²) in [7, 11) is 3.83. The summed E-state index contributed by atoms with van der Waals surface area (Å²) >= 11 is 0. The van der Waals surface area contributed by atoms with Gasteiger partial charge in [-0.1, -0.05) is 0 Å². The Hall–Kier alpha value is -1.99. The third-order valence-electron chi connectivity index (χ3n) is 4.06. The molecule has 0 radical (unpaired) electrons. The molecule has 0 aromatic heterocycles. The van der Waals surface area contributed by atoms with E-state index in [2.05, 4.69) is 17.7 Å². The van der Waals surface area contributed by atoms with Crippen LogP contribution in [-0.2, 0) is 16.1 Å². The van der Waals surface area contributed by atoms with Gasteiger partial charge in [-0.2, -0.15) is 0 Å². The first-order valence-electron chi connectivity index (χ1n) is 8.14. The number of rotatable bonds is 13. The van der Waals surface area contributed by atoms with Crippen molar-refractivity contribution in [2.45, 2.75) is 19.4 Å². The number of nitrogens with zero attached hydrogens (tertiary/aromatic N) is 1. The topological polar surface area (TPSA) is 93.4 Å². The van der Waals surface area contributed by atoms with Crippen molar-refractivity contribution in [2.24, 2.45) is 0 Å². The van der Waals surface area contributed by atoms with E-state index in [0.29, 0.717) is 18.8 Å². The molecule has 1 rings (SSSR count). The van der Waals surface area contributed by atoms with Gasteiger partial charge in [-0.3, -0.25) is 9.59 Å². The van der Waals surface area contributed by atoms with Crippen molar-refractivity contribution in [3.8, 4) is 5.75 Å². The van der Waals surface area contributed by atoms with Crippen molar-refractivity contribution >= 4 is 18.5 Å². The van der Waals surface area contributed by atoms with E-state index in [-0.39, 0.29) is 12.4 Å². The first-order chi connectivity index (χ1) is 11.5. The van der Waals surface area contributed by atoms with Gasteiger partial charge >= 0.3 is 0 Å². The molecule has 142 valence electrons. The predicted octanol–water partition coefficient (Wildman–Crippen LogP) is -2.50. The normalized spacial score (nSPS) is 10.5. The fourth-order valence-corrected chi connectivity index (χ4v) is 2.85. The molecular weight excluding hydrogens is 344 g/mol. The summed E-state index contributed by atoms with van der Waals surface area (Å²) in [6.45, 7) is 3.88. The van der Waals surface area contributed by atoms with Gasteiger partial charge in [0, 0.05) is 31.6 Å². The van der Waals surface area contributed by atoms with E-state index in [9.17, 15) is 9.59 Å². The lowest BCUT2D eigenvalue weighted by atomic mass is 10.1. The molecule has 7 nitrogen and oxygen atoms in total. The van der Waals surface area contributed by atoms with Crippen molar-refractivity contribution < 1.29 is 31.2 Å². The number of benzene rings is 1. The molecule has 0 heterocycles. The van der Waals surface area contributed by atoms with Crippen LogP contribution < -0.4 is 33.5 Å². The van der Waals surface area contributed by atoms with Gasteiger partial charge in [0.25, 0.3) is 0 Å². The smallest absolute Gasteiger partial charge is 0.207 e. The Bertz CT molecular complexity index is 513. The van der Waals surface area contributed by atoms with Crippen LogP contribution >= 0.6 is 0 Å². The number of anilines is 1. The number of nitrogens with one attached hydrogen (secondary N) is 2. The number of carbonyl (C=O) groups excluding carboxylic acids is 2. The molecule has 1 aromatic carbocycles. The highest BCUT2D eigenvalue weighted by Gasteiger charge is 2.23. The number of nitrogens with two attached hydrogens (primary N) is 1. The van der Waals surface area contributed by atoms with Crippen molar-refractivity contribution in [3.05, 3.63) is 23.8 Å². The van der Waals surface area contributed by atoms with E-state index in [1.165, 1.54) is 0 Å². The summed E-state index contributed by atoms with van der Waals surface area (Å²) in [6, 6.07) is 5.66. The summed E-state index contributed by atoms with van der Waals surface area (Å²) in [5.41, 5.74) is 7.69. The average molecular weight is 373 g/mol. The molecule has 0 saturated heterocycles. The Morgan fingerprint density at radius 1 is 1.12 bits per heavy atom. The number of ether oxygens (including phenoxy) is 1. The quantitative estimate of drug-likeness (QED) is 0.154. The number of amides is 2. The standard InChI is InChI=1S/C17H28N4O3.ClH/c1-21(9-3-7-19-13-22,10-4-8-20-14-23)12-15-11-16(18)5-6-17(15)24-2;/h5-6,11,13-14H,3-4,7-10,12,18H2,1-2H3,(H-,19,20,22,23);1H. The van der Waals surface area contributed by atoms with Crippen LogP contribution in [0.5, 0.6) is 5.75 Å². The summed E-state index contributed by atoms with van der Waals surface area (Å²) in [5, 5.41) is 5.40. The van der Waals surface area contributed by atoms with Gasteiger partial charge in [0.1, 0.15) is 12.3 Å². The molecule has 8 heteroatoms. The third-order valence-corrected chi connectivity index (χ3v) is 4.06. The SMILES string of the molecule is COc1ccc(N)cc1C[N+](C)(CCCNC=O)CCCNC=O.[Cl-]. The van der Waals surface area contributed by atoms with Crippen molar-refractivity contribution in [1.82, 2.24) is 10.6 Å². The fourth-order valence-electron chi connectivity index (χ4n) is 2.85. The van der Waals surface area contributed by atoms with Crippen LogP contribution in [0.4, 0.5) is 5.69 Å². The number of quaternary nitrogens is 1. The molecule has 0 atom stereocenters. The van der Waals surface area contributed by atoms with Crippen LogP contribution in [0.25, 0.3) is 0 Å². The van der Waals surface area contributed by atoms with Crippen LogP contribution in [0.3, 0.4) is 0 Å². The molecule has 0 bridgehead atoms. The second-order valence-corrected chi connectivity index (χ2v) is 6.15. The Morgan fingerprint density at radius 2 is 1.68 bits per heavy atom. The van der Waals surface area contributed by atoms with Gasteiger partial charge in [-0.05, 0) is 18.2 Å². The van der Waals surface area contributed by atoms with Gasteiger partial charge in [0.05, 0.1) is 32.8 Å². The largest absolute Gasteiger partial charge is 1.00 e. The maximum absolute atomic E-state index is 10.4. The highest BCUT2D eigenvalue weighted by molar-refractivity contribution is 5.47.